The van der Waals surface area contributed by atoms with E-state index in [1.807, 2.05) is 0 Å². The largest absolute Gasteiger partial charge is 0.0654 e. The van der Waals surface area contributed by atoms with Crippen molar-refractivity contribution in [1.29, 1.82) is 0 Å². The molecule has 0 aromatic heterocycles. The van der Waals surface area contributed by atoms with Crippen LogP contribution in [0.4, 0.5) is 0 Å². The summed E-state index contributed by atoms with van der Waals surface area (Å²) in [7, 11) is 0. The molecule has 0 fully saturated rings. The number of benzene rings is 1. The van der Waals surface area contributed by atoms with Crippen LogP contribution >= 0.6 is 0 Å². The number of aryl methyl sites for hydroxylation is 1. The third-order valence-electron chi connectivity index (χ3n) is 4.41. The molecule has 0 amide bonds. The normalized spacial score (nSPS) is 18.6. The second-order valence-corrected chi connectivity index (χ2v) is 5.93. The van der Waals surface area contributed by atoms with Gasteiger partial charge in [-0.15, -0.1) is 0 Å². The monoisotopic (exact) mass is 244 g/mol. The highest BCUT2D eigenvalue weighted by Crippen LogP contribution is 2.28. The van der Waals surface area contributed by atoms with Gasteiger partial charge in [-0.05, 0) is 36.3 Å². The van der Waals surface area contributed by atoms with Gasteiger partial charge >= 0.3 is 0 Å². The van der Waals surface area contributed by atoms with E-state index in [1.165, 1.54) is 64.2 Å². The van der Waals surface area contributed by atoms with Crippen LogP contribution < -0.4 is 0 Å². The zero-order valence-electron chi connectivity index (χ0n) is 12.0. The maximum absolute atomic E-state index is 2.34. The molecular weight excluding hydrogens is 216 g/mol. The molecule has 0 radical (unpaired) electrons. The predicted molar refractivity (Wildman–Crippen MR) is 80.0 cm³/mol. The lowest BCUT2D eigenvalue weighted by molar-refractivity contribution is 0.404. The van der Waals surface area contributed by atoms with E-state index in [1.54, 1.807) is 11.1 Å². The Labute approximate surface area is 113 Å². The van der Waals surface area contributed by atoms with Crippen LogP contribution in [0, 0.1) is 5.92 Å². The van der Waals surface area contributed by atoms with Crippen LogP contribution in [0.15, 0.2) is 24.3 Å². The average molecular weight is 244 g/mol. The smallest absolute Gasteiger partial charge is 0.0248 e. The minimum Gasteiger partial charge on any atom is -0.0654 e. The van der Waals surface area contributed by atoms with E-state index >= 15 is 0 Å². The Morgan fingerprint density at radius 3 is 2.50 bits per heavy atom. The lowest BCUT2D eigenvalue weighted by Crippen LogP contribution is -2.14. The summed E-state index contributed by atoms with van der Waals surface area (Å²) in [6, 6.07) is 9.04. The van der Waals surface area contributed by atoms with Gasteiger partial charge < -0.3 is 0 Å². The molecule has 0 heteroatoms. The number of fused-ring (bicyclic) bond motifs is 1. The molecule has 1 aliphatic rings. The molecule has 0 saturated carbocycles. The first-order chi connectivity index (χ1) is 8.90. The highest BCUT2D eigenvalue weighted by atomic mass is 14.2. The molecule has 0 spiro atoms. The van der Waals surface area contributed by atoms with Gasteiger partial charge in [-0.3, -0.25) is 0 Å². The third-order valence-corrected chi connectivity index (χ3v) is 4.41. The fourth-order valence-electron chi connectivity index (χ4n) is 3.23. The zero-order valence-corrected chi connectivity index (χ0v) is 12.0. The molecule has 1 atom stereocenters. The van der Waals surface area contributed by atoms with Gasteiger partial charge in [0.1, 0.15) is 0 Å². The van der Waals surface area contributed by atoms with Gasteiger partial charge in [-0.2, -0.15) is 0 Å². The standard InChI is InChI=1S/C18H28/c1-2-3-4-5-6-7-10-16-13-14-17-11-8-9-12-18(17)15-16/h8-9,11-12,16H,2-7,10,13-15H2,1H3. The lowest BCUT2D eigenvalue weighted by Gasteiger charge is -2.24. The van der Waals surface area contributed by atoms with Crippen LogP contribution in [0.2, 0.25) is 0 Å². The Morgan fingerprint density at radius 1 is 0.944 bits per heavy atom. The summed E-state index contributed by atoms with van der Waals surface area (Å²) in [6.07, 6.45) is 14.1. The molecule has 1 unspecified atom stereocenters. The van der Waals surface area contributed by atoms with Crippen molar-refractivity contribution in [3.05, 3.63) is 35.4 Å². The van der Waals surface area contributed by atoms with Gasteiger partial charge in [0.15, 0.2) is 0 Å². The summed E-state index contributed by atoms with van der Waals surface area (Å²) in [6.45, 7) is 2.29. The van der Waals surface area contributed by atoms with Crippen LogP contribution in [0.3, 0.4) is 0 Å². The van der Waals surface area contributed by atoms with Crippen molar-refractivity contribution in [2.75, 3.05) is 0 Å². The Hall–Kier alpha value is -0.780. The van der Waals surface area contributed by atoms with Crippen molar-refractivity contribution in [3.63, 3.8) is 0 Å². The number of unbranched alkanes of at least 4 members (excludes halogenated alkanes) is 5. The third kappa shape index (κ3) is 4.15. The number of rotatable bonds is 7. The Kier molecular flexibility index (Phi) is 5.77. The fourth-order valence-corrected chi connectivity index (χ4v) is 3.23. The van der Waals surface area contributed by atoms with E-state index in [9.17, 15) is 0 Å². The van der Waals surface area contributed by atoms with E-state index in [0.29, 0.717) is 0 Å². The number of hydrogen-bond acceptors (Lipinski definition) is 0. The number of hydrogen-bond donors (Lipinski definition) is 0. The van der Waals surface area contributed by atoms with Crippen LogP contribution in [-0.2, 0) is 12.8 Å². The van der Waals surface area contributed by atoms with E-state index in [0.717, 1.165) is 5.92 Å². The summed E-state index contributed by atoms with van der Waals surface area (Å²) in [5.74, 6) is 0.964. The summed E-state index contributed by atoms with van der Waals surface area (Å²) in [4.78, 5) is 0. The SMILES string of the molecule is CCCCCCCCC1CCc2ccccc2C1. The summed E-state index contributed by atoms with van der Waals surface area (Å²) in [5.41, 5.74) is 3.23. The highest BCUT2D eigenvalue weighted by Gasteiger charge is 2.17. The molecule has 0 aliphatic heterocycles. The molecule has 0 saturated heterocycles. The molecule has 1 aromatic rings. The molecule has 0 nitrogen and oxygen atoms in total. The van der Waals surface area contributed by atoms with E-state index < -0.39 is 0 Å². The van der Waals surface area contributed by atoms with E-state index in [-0.39, 0.29) is 0 Å². The Bertz CT molecular complexity index is 340. The maximum atomic E-state index is 2.34. The van der Waals surface area contributed by atoms with Crippen LogP contribution in [0.25, 0.3) is 0 Å². The first kappa shape index (κ1) is 13.6. The Morgan fingerprint density at radius 2 is 1.67 bits per heavy atom. The van der Waals surface area contributed by atoms with Crippen molar-refractivity contribution in [3.8, 4) is 0 Å². The van der Waals surface area contributed by atoms with Crippen molar-refractivity contribution in [2.24, 2.45) is 5.92 Å². The zero-order chi connectivity index (χ0) is 12.6. The van der Waals surface area contributed by atoms with Gasteiger partial charge in [-0.25, -0.2) is 0 Å². The molecule has 0 N–H and O–H groups in total. The van der Waals surface area contributed by atoms with Crippen LogP contribution in [0.5, 0.6) is 0 Å². The van der Waals surface area contributed by atoms with Gasteiger partial charge in [0.2, 0.25) is 0 Å². The minimum absolute atomic E-state index is 0.964. The Balaban J connectivity index is 1.64. The topological polar surface area (TPSA) is 0 Å². The molecule has 2 rings (SSSR count). The lowest BCUT2D eigenvalue weighted by atomic mass is 9.81. The quantitative estimate of drug-likeness (QED) is 0.552. The summed E-state index contributed by atoms with van der Waals surface area (Å²) in [5, 5.41) is 0. The van der Waals surface area contributed by atoms with Crippen LogP contribution in [-0.4, -0.2) is 0 Å². The first-order valence-corrected chi connectivity index (χ1v) is 7.97. The van der Waals surface area contributed by atoms with E-state index in [2.05, 4.69) is 31.2 Å². The molecule has 0 heterocycles. The minimum atomic E-state index is 0.964. The molecule has 0 bridgehead atoms. The molecule has 1 aromatic carbocycles. The van der Waals surface area contributed by atoms with Gasteiger partial charge in [-0.1, -0.05) is 76.1 Å². The summed E-state index contributed by atoms with van der Waals surface area (Å²) >= 11 is 0. The predicted octanol–water partition coefficient (Wildman–Crippen LogP) is 5.54. The van der Waals surface area contributed by atoms with Gasteiger partial charge in [0.05, 0.1) is 0 Å². The average Bonchev–Trinajstić information content (AvgIpc) is 2.42. The second-order valence-electron chi connectivity index (χ2n) is 5.93. The maximum Gasteiger partial charge on any atom is -0.0248 e. The van der Waals surface area contributed by atoms with Crippen molar-refractivity contribution in [2.45, 2.75) is 71.1 Å². The highest BCUT2D eigenvalue weighted by molar-refractivity contribution is 5.29. The van der Waals surface area contributed by atoms with Crippen molar-refractivity contribution >= 4 is 0 Å². The van der Waals surface area contributed by atoms with Crippen molar-refractivity contribution < 1.29 is 0 Å². The van der Waals surface area contributed by atoms with E-state index in [4.69, 9.17) is 0 Å². The fraction of sp³-hybridized carbons (Fsp3) is 0.667. The van der Waals surface area contributed by atoms with Gasteiger partial charge in [0.25, 0.3) is 0 Å². The molecule has 100 valence electrons. The molecular formula is C18H28. The second kappa shape index (κ2) is 7.61. The summed E-state index contributed by atoms with van der Waals surface area (Å²) < 4.78 is 0. The first-order valence-electron chi connectivity index (χ1n) is 7.97. The van der Waals surface area contributed by atoms with Gasteiger partial charge in [0, 0.05) is 0 Å². The van der Waals surface area contributed by atoms with Crippen LogP contribution in [0.1, 0.15) is 69.4 Å². The molecule has 1 aliphatic carbocycles. The molecule has 18 heavy (non-hydrogen) atoms. The van der Waals surface area contributed by atoms with Crippen molar-refractivity contribution in [1.82, 2.24) is 0 Å².